The van der Waals surface area contributed by atoms with E-state index in [9.17, 15) is 4.79 Å². The summed E-state index contributed by atoms with van der Waals surface area (Å²) in [5.74, 6) is 0.692. The molecular weight excluding hydrogens is 419 g/mol. The Morgan fingerprint density at radius 1 is 1.19 bits per heavy atom. The van der Waals surface area contributed by atoms with Crippen LogP contribution in [0.25, 0.3) is 11.0 Å². The Bertz CT molecular complexity index is 1220. The molecule has 1 aromatic heterocycles. The van der Waals surface area contributed by atoms with Gasteiger partial charge in [-0.1, -0.05) is 43.0 Å². The van der Waals surface area contributed by atoms with Gasteiger partial charge in [-0.05, 0) is 62.8 Å². The maximum atomic E-state index is 13.4. The van der Waals surface area contributed by atoms with Crippen molar-refractivity contribution in [3.8, 4) is 0 Å². The van der Waals surface area contributed by atoms with Gasteiger partial charge >= 0.3 is 0 Å². The number of hydrogen-bond acceptors (Lipinski definition) is 4. The first-order valence-corrected chi connectivity index (χ1v) is 11.6. The van der Waals surface area contributed by atoms with E-state index < -0.39 is 0 Å². The minimum Gasteiger partial charge on any atom is -0.440 e. The van der Waals surface area contributed by atoms with E-state index in [1.807, 2.05) is 39.0 Å². The van der Waals surface area contributed by atoms with Gasteiger partial charge in [0.1, 0.15) is 13.4 Å². The Labute approximate surface area is 196 Å². The number of hydrogen-bond donors (Lipinski definition) is 1. The third kappa shape index (κ3) is 4.28. The molecule has 1 atom stereocenters. The van der Waals surface area contributed by atoms with Gasteiger partial charge in [0.25, 0.3) is 0 Å². The first-order valence-electron chi connectivity index (χ1n) is 11.2. The summed E-state index contributed by atoms with van der Waals surface area (Å²) in [7, 11) is 6.16. The van der Waals surface area contributed by atoms with E-state index in [1.165, 1.54) is 0 Å². The molecule has 3 aromatic rings. The SMILES string of the molecule is [B]c1c(Cl)cccc1NC(C)c1cc(C)cc2c(=O)c(C)c(N3CCC(C)(C)CC3)oc12. The van der Waals surface area contributed by atoms with Crippen molar-refractivity contribution in [3.05, 3.63) is 62.3 Å². The summed E-state index contributed by atoms with van der Waals surface area (Å²) < 4.78 is 6.51. The molecular formula is C26H30BClN2O2. The second-order valence-electron chi connectivity index (χ2n) is 9.81. The number of benzene rings is 2. The van der Waals surface area contributed by atoms with Crippen molar-refractivity contribution in [2.24, 2.45) is 5.41 Å². The number of halogens is 1. The van der Waals surface area contributed by atoms with Crippen LogP contribution in [0.5, 0.6) is 0 Å². The molecule has 1 N–H and O–H groups in total. The second-order valence-corrected chi connectivity index (χ2v) is 10.2. The lowest BCUT2D eigenvalue weighted by molar-refractivity contribution is 0.274. The van der Waals surface area contributed by atoms with Crippen LogP contribution in [0.15, 0.2) is 39.5 Å². The van der Waals surface area contributed by atoms with Gasteiger partial charge in [0.15, 0.2) is 5.43 Å². The number of fused-ring (bicyclic) bond motifs is 1. The maximum absolute atomic E-state index is 13.4. The third-order valence-electron chi connectivity index (χ3n) is 6.66. The van der Waals surface area contributed by atoms with Crippen molar-refractivity contribution >= 4 is 47.5 Å². The quantitative estimate of drug-likeness (QED) is 0.523. The number of aryl methyl sites for hydroxylation is 1. The Hall–Kier alpha value is -2.40. The fourth-order valence-electron chi connectivity index (χ4n) is 4.47. The van der Waals surface area contributed by atoms with Crippen LogP contribution in [-0.2, 0) is 0 Å². The van der Waals surface area contributed by atoms with E-state index in [0.29, 0.717) is 38.3 Å². The van der Waals surface area contributed by atoms with Crippen molar-refractivity contribution < 1.29 is 4.42 Å². The Kier molecular flexibility index (Phi) is 6.06. The summed E-state index contributed by atoms with van der Waals surface area (Å²) in [5, 5.41) is 4.57. The van der Waals surface area contributed by atoms with Crippen LogP contribution >= 0.6 is 11.6 Å². The number of rotatable bonds is 4. The smallest absolute Gasteiger partial charge is 0.202 e. The van der Waals surface area contributed by atoms with Crippen LogP contribution in [0.3, 0.4) is 0 Å². The number of piperidine rings is 1. The molecule has 1 aliphatic rings. The van der Waals surface area contributed by atoms with E-state index in [0.717, 1.165) is 42.7 Å². The van der Waals surface area contributed by atoms with Crippen molar-refractivity contribution in [2.75, 3.05) is 23.3 Å². The zero-order valence-electron chi connectivity index (χ0n) is 19.5. The lowest BCUT2D eigenvalue weighted by Gasteiger charge is -2.37. The predicted molar refractivity (Wildman–Crippen MR) is 136 cm³/mol. The van der Waals surface area contributed by atoms with E-state index >= 15 is 0 Å². The summed E-state index contributed by atoms with van der Waals surface area (Å²) in [4.78, 5) is 15.6. The van der Waals surface area contributed by atoms with Crippen LogP contribution in [0, 0.1) is 19.3 Å². The average Bonchev–Trinajstić information content (AvgIpc) is 2.74. The topological polar surface area (TPSA) is 45.5 Å². The fraction of sp³-hybridized carbons (Fsp3) is 0.423. The monoisotopic (exact) mass is 448 g/mol. The van der Waals surface area contributed by atoms with Crippen molar-refractivity contribution in [1.29, 1.82) is 0 Å². The van der Waals surface area contributed by atoms with Gasteiger partial charge in [0.05, 0.1) is 17.0 Å². The van der Waals surface area contributed by atoms with Crippen LogP contribution < -0.4 is 21.1 Å². The van der Waals surface area contributed by atoms with Gasteiger partial charge in [-0.2, -0.15) is 0 Å². The number of nitrogens with one attached hydrogen (secondary N) is 1. The van der Waals surface area contributed by atoms with E-state index in [1.54, 1.807) is 6.07 Å². The van der Waals surface area contributed by atoms with Crippen molar-refractivity contribution in [3.63, 3.8) is 0 Å². The molecule has 0 saturated carbocycles. The predicted octanol–water partition coefficient (Wildman–Crippen LogP) is 5.66. The number of nitrogens with zero attached hydrogens (tertiary/aromatic N) is 1. The summed E-state index contributed by atoms with van der Waals surface area (Å²) in [5.41, 5.74) is 4.86. The molecule has 166 valence electrons. The lowest BCUT2D eigenvalue weighted by Crippen LogP contribution is -2.38. The largest absolute Gasteiger partial charge is 0.440 e. The van der Waals surface area contributed by atoms with E-state index in [4.69, 9.17) is 23.9 Å². The normalized spacial score (nSPS) is 16.9. The van der Waals surface area contributed by atoms with Gasteiger partial charge in [0, 0.05) is 29.4 Å². The van der Waals surface area contributed by atoms with Crippen LogP contribution in [0.1, 0.15) is 56.3 Å². The molecule has 6 heteroatoms. The maximum Gasteiger partial charge on any atom is 0.202 e. The standard InChI is InChI=1S/C26H30BClN2O2/c1-15-13-18(17(3)29-21-8-6-7-20(28)22(21)27)24-19(14-15)23(31)16(2)25(32-24)30-11-9-26(4,5)10-12-30/h6-8,13-14,17,29H,9-12H2,1-5H3. The molecule has 2 heterocycles. The molecule has 1 aliphatic heterocycles. The van der Waals surface area contributed by atoms with Gasteiger partial charge in [-0.15, -0.1) is 0 Å². The molecule has 0 bridgehead atoms. The highest BCUT2D eigenvalue weighted by Gasteiger charge is 2.28. The Morgan fingerprint density at radius 2 is 1.88 bits per heavy atom. The summed E-state index contributed by atoms with van der Waals surface area (Å²) >= 11 is 6.20. The second kappa shape index (κ2) is 8.51. The lowest BCUT2D eigenvalue weighted by atomic mass is 9.82. The zero-order chi connectivity index (χ0) is 23.2. The molecule has 32 heavy (non-hydrogen) atoms. The zero-order valence-corrected chi connectivity index (χ0v) is 20.3. The molecule has 4 rings (SSSR count). The minimum absolute atomic E-state index is 0.0329. The summed E-state index contributed by atoms with van der Waals surface area (Å²) in [6, 6.07) is 9.38. The first-order chi connectivity index (χ1) is 15.1. The van der Waals surface area contributed by atoms with Gasteiger partial charge in [-0.3, -0.25) is 4.79 Å². The molecule has 2 aromatic carbocycles. The van der Waals surface area contributed by atoms with Crippen LogP contribution in [0.4, 0.5) is 11.6 Å². The molecule has 2 radical (unpaired) electrons. The molecule has 0 spiro atoms. The molecule has 4 nitrogen and oxygen atoms in total. The van der Waals surface area contributed by atoms with Crippen molar-refractivity contribution in [2.45, 2.75) is 53.5 Å². The highest BCUT2D eigenvalue weighted by Crippen LogP contribution is 2.35. The third-order valence-corrected chi connectivity index (χ3v) is 6.99. The summed E-state index contributed by atoms with van der Waals surface area (Å²) in [6.45, 7) is 12.3. The molecule has 0 aliphatic carbocycles. The van der Waals surface area contributed by atoms with Gasteiger partial charge in [0.2, 0.25) is 5.88 Å². The Morgan fingerprint density at radius 3 is 2.56 bits per heavy atom. The average molecular weight is 449 g/mol. The number of anilines is 2. The molecule has 1 fully saturated rings. The highest BCUT2D eigenvalue weighted by atomic mass is 35.5. The summed E-state index contributed by atoms with van der Waals surface area (Å²) in [6.07, 6.45) is 2.14. The van der Waals surface area contributed by atoms with E-state index in [2.05, 4.69) is 30.1 Å². The minimum atomic E-state index is -0.142. The van der Waals surface area contributed by atoms with E-state index in [-0.39, 0.29) is 11.5 Å². The van der Waals surface area contributed by atoms with Gasteiger partial charge < -0.3 is 14.6 Å². The van der Waals surface area contributed by atoms with Crippen LogP contribution in [-0.4, -0.2) is 20.9 Å². The molecule has 0 amide bonds. The molecule has 1 saturated heterocycles. The van der Waals surface area contributed by atoms with Crippen molar-refractivity contribution in [1.82, 2.24) is 0 Å². The first kappa shape index (κ1) is 22.8. The van der Waals surface area contributed by atoms with Crippen LogP contribution in [0.2, 0.25) is 5.02 Å². The molecule has 1 unspecified atom stereocenters. The fourth-order valence-corrected chi connectivity index (χ4v) is 4.64. The van der Waals surface area contributed by atoms with Gasteiger partial charge in [-0.25, -0.2) is 0 Å². The highest BCUT2D eigenvalue weighted by molar-refractivity contribution is 6.47. The Balaban J connectivity index is 1.80.